The molecule has 130 valence electrons. The summed E-state index contributed by atoms with van der Waals surface area (Å²) in [5.74, 6) is -2.32. The molecule has 2 heterocycles. The maximum absolute atomic E-state index is 13.4. The normalized spacial score (nSPS) is 16.7. The third-order valence-corrected chi connectivity index (χ3v) is 4.70. The second kappa shape index (κ2) is 6.98. The maximum atomic E-state index is 13.4. The highest BCUT2D eigenvalue weighted by atomic mass is 32.1. The van der Waals surface area contributed by atoms with Crippen LogP contribution in [-0.4, -0.2) is 34.3 Å². The Morgan fingerprint density at radius 3 is 2.84 bits per heavy atom. The maximum Gasteiger partial charge on any atom is 0.334 e. The van der Waals surface area contributed by atoms with Gasteiger partial charge in [-0.2, -0.15) is 0 Å². The fourth-order valence-corrected chi connectivity index (χ4v) is 3.37. The summed E-state index contributed by atoms with van der Waals surface area (Å²) in [5.41, 5.74) is -0.510. The Morgan fingerprint density at radius 1 is 1.36 bits per heavy atom. The SMILES string of the molecule is O=C(Oc1cc(F)ccc1[N+](=O)[O-])C1CCCN1C(=O)c1cccs1. The molecule has 2 aromatic rings. The fourth-order valence-electron chi connectivity index (χ4n) is 2.69. The number of thiophene rings is 1. The number of hydrogen-bond donors (Lipinski definition) is 0. The summed E-state index contributed by atoms with van der Waals surface area (Å²) >= 11 is 1.26. The van der Waals surface area contributed by atoms with Gasteiger partial charge in [-0.3, -0.25) is 14.9 Å². The lowest BCUT2D eigenvalue weighted by atomic mass is 10.2. The Kier molecular flexibility index (Phi) is 4.75. The van der Waals surface area contributed by atoms with Crippen LogP contribution in [0.3, 0.4) is 0 Å². The van der Waals surface area contributed by atoms with Gasteiger partial charge in [0, 0.05) is 18.7 Å². The number of benzene rings is 1. The van der Waals surface area contributed by atoms with Gasteiger partial charge in [0.15, 0.2) is 0 Å². The number of rotatable bonds is 4. The molecule has 0 spiro atoms. The van der Waals surface area contributed by atoms with Crippen molar-refractivity contribution >= 4 is 28.9 Å². The van der Waals surface area contributed by atoms with E-state index in [1.54, 1.807) is 17.5 Å². The molecule has 1 aromatic heterocycles. The van der Waals surface area contributed by atoms with Gasteiger partial charge >= 0.3 is 11.7 Å². The van der Waals surface area contributed by atoms with Crippen molar-refractivity contribution in [1.82, 2.24) is 4.90 Å². The van der Waals surface area contributed by atoms with Crippen LogP contribution in [0.25, 0.3) is 0 Å². The Balaban J connectivity index is 1.80. The van der Waals surface area contributed by atoms with Crippen LogP contribution < -0.4 is 4.74 Å². The zero-order valence-corrected chi connectivity index (χ0v) is 13.7. The molecule has 1 atom stereocenters. The molecular weight excluding hydrogens is 351 g/mol. The van der Waals surface area contributed by atoms with Crippen molar-refractivity contribution in [3.63, 3.8) is 0 Å². The molecule has 1 aromatic carbocycles. The predicted molar refractivity (Wildman–Crippen MR) is 87.1 cm³/mol. The monoisotopic (exact) mass is 364 g/mol. The van der Waals surface area contributed by atoms with E-state index in [1.165, 1.54) is 16.2 Å². The topological polar surface area (TPSA) is 89.8 Å². The second-order valence-corrected chi connectivity index (χ2v) is 6.37. The van der Waals surface area contributed by atoms with E-state index in [0.29, 0.717) is 24.3 Å². The molecule has 0 saturated carbocycles. The molecule has 1 unspecified atom stereocenters. The first-order valence-corrected chi connectivity index (χ1v) is 8.35. The minimum absolute atomic E-state index is 0.289. The Hall–Kier alpha value is -2.81. The summed E-state index contributed by atoms with van der Waals surface area (Å²) < 4.78 is 18.4. The average Bonchev–Trinajstić information content (AvgIpc) is 3.25. The van der Waals surface area contributed by atoms with Crippen LogP contribution in [0.4, 0.5) is 10.1 Å². The number of carbonyl (C=O) groups is 2. The first kappa shape index (κ1) is 17.0. The number of ether oxygens (including phenoxy) is 1. The van der Waals surface area contributed by atoms with Crippen molar-refractivity contribution in [2.75, 3.05) is 6.54 Å². The van der Waals surface area contributed by atoms with Crippen LogP contribution >= 0.6 is 11.3 Å². The Morgan fingerprint density at radius 2 is 2.16 bits per heavy atom. The number of nitrogens with zero attached hydrogens (tertiary/aromatic N) is 2. The molecule has 25 heavy (non-hydrogen) atoms. The number of hydrogen-bond acceptors (Lipinski definition) is 6. The lowest BCUT2D eigenvalue weighted by Crippen LogP contribution is -2.42. The number of nitro benzene ring substituents is 1. The number of nitro groups is 1. The smallest absolute Gasteiger partial charge is 0.334 e. The number of esters is 1. The van der Waals surface area contributed by atoms with Gasteiger partial charge in [-0.05, 0) is 30.4 Å². The average molecular weight is 364 g/mol. The van der Waals surface area contributed by atoms with Gasteiger partial charge < -0.3 is 9.64 Å². The molecule has 7 nitrogen and oxygen atoms in total. The van der Waals surface area contributed by atoms with Crippen molar-refractivity contribution in [3.05, 3.63) is 56.5 Å². The summed E-state index contributed by atoms with van der Waals surface area (Å²) in [5, 5.41) is 12.7. The molecular formula is C16H13FN2O5S. The highest BCUT2D eigenvalue weighted by molar-refractivity contribution is 7.12. The molecule has 0 N–H and O–H groups in total. The lowest BCUT2D eigenvalue weighted by molar-refractivity contribution is -0.385. The molecule has 3 rings (SSSR count). The molecule has 1 fully saturated rings. The van der Waals surface area contributed by atoms with Gasteiger partial charge in [0.2, 0.25) is 5.75 Å². The first-order chi connectivity index (χ1) is 12.0. The van der Waals surface area contributed by atoms with Gasteiger partial charge in [0.05, 0.1) is 9.80 Å². The van der Waals surface area contributed by atoms with Gasteiger partial charge in [0.25, 0.3) is 5.91 Å². The predicted octanol–water partition coefficient (Wildman–Crippen LogP) is 3.01. The third kappa shape index (κ3) is 3.50. The standard InChI is InChI=1S/C16H13FN2O5S/c17-10-5-6-11(19(22)23)13(9-10)24-16(21)12-3-1-7-18(12)15(20)14-4-2-8-25-14/h2,4-6,8-9,12H,1,3,7H2. The molecule has 1 amide bonds. The molecule has 1 saturated heterocycles. The quantitative estimate of drug-likeness (QED) is 0.360. The zero-order valence-electron chi connectivity index (χ0n) is 12.9. The van der Waals surface area contributed by atoms with E-state index in [0.717, 1.165) is 18.2 Å². The van der Waals surface area contributed by atoms with E-state index in [-0.39, 0.29) is 5.91 Å². The van der Waals surface area contributed by atoms with E-state index in [1.807, 2.05) is 0 Å². The summed E-state index contributed by atoms with van der Waals surface area (Å²) in [7, 11) is 0. The van der Waals surface area contributed by atoms with Crippen molar-refractivity contribution in [3.8, 4) is 5.75 Å². The fraction of sp³-hybridized carbons (Fsp3) is 0.250. The van der Waals surface area contributed by atoms with Crippen molar-refractivity contribution in [2.24, 2.45) is 0 Å². The molecule has 0 aliphatic carbocycles. The largest absolute Gasteiger partial charge is 0.418 e. The summed E-state index contributed by atoms with van der Waals surface area (Å²) in [6, 6.07) is 5.18. The highest BCUT2D eigenvalue weighted by Crippen LogP contribution is 2.30. The van der Waals surface area contributed by atoms with Crippen LogP contribution in [0.2, 0.25) is 0 Å². The van der Waals surface area contributed by atoms with Crippen LogP contribution in [0.1, 0.15) is 22.5 Å². The van der Waals surface area contributed by atoms with Gasteiger partial charge in [0.1, 0.15) is 11.9 Å². The summed E-state index contributed by atoms with van der Waals surface area (Å²) in [6.45, 7) is 0.391. The summed E-state index contributed by atoms with van der Waals surface area (Å²) in [4.78, 5) is 37.0. The van der Waals surface area contributed by atoms with Gasteiger partial charge in [-0.15, -0.1) is 11.3 Å². The number of amides is 1. The first-order valence-electron chi connectivity index (χ1n) is 7.47. The van der Waals surface area contributed by atoms with Crippen LogP contribution in [0.5, 0.6) is 5.75 Å². The van der Waals surface area contributed by atoms with E-state index in [9.17, 15) is 24.1 Å². The highest BCUT2D eigenvalue weighted by Gasteiger charge is 2.37. The minimum Gasteiger partial charge on any atom is -0.418 e. The number of likely N-dealkylation sites (tertiary alicyclic amines) is 1. The molecule has 0 radical (unpaired) electrons. The third-order valence-electron chi connectivity index (χ3n) is 3.85. The number of carbonyl (C=O) groups excluding carboxylic acids is 2. The van der Waals surface area contributed by atoms with Crippen molar-refractivity contribution in [2.45, 2.75) is 18.9 Å². The molecule has 1 aliphatic heterocycles. The van der Waals surface area contributed by atoms with Crippen LogP contribution in [0, 0.1) is 15.9 Å². The Bertz CT molecular complexity index is 824. The van der Waals surface area contributed by atoms with E-state index >= 15 is 0 Å². The van der Waals surface area contributed by atoms with Crippen molar-refractivity contribution < 1.29 is 23.6 Å². The van der Waals surface area contributed by atoms with Gasteiger partial charge in [-0.25, -0.2) is 9.18 Å². The zero-order chi connectivity index (χ0) is 18.0. The van der Waals surface area contributed by atoms with E-state index in [2.05, 4.69) is 0 Å². The lowest BCUT2D eigenvalue weighted by Gasteiger charge is -2.22. The number of halogens is 1. The Labute approximate surface area is 145 Å². The van der Waals surface area contributed by atoms with Crippen LogP contribution in [0.15, 0.2) is 35.7 Å². The van der Waals surface area contributed by atoms with Crippen molar-refractivity contribution in [1.29, 1.82) is 0 Å². The molecule has 0 bridgehead atoms. The van der Waals surface area contributed by atoms with Gasteiger partial charge in [-0.1, -0.05) is 6.07 Å². The second-order valence-electron chi connectivity index (χ2n) is 5.42. The van der Waals surface area contributed by atoms with Crippen LogP contribution in [-0.2, 0) is 4.79 Å². The van der Waals surface area contributed by atoms with E-state index in [4.69, 9.17) is 4.74 Å². The molecule has 1 aliphatic rings. The summed E-state index contributed by atoms with van der Waals surface area (Å²) in [6.07, 6.45) is 1.00. The molecule has 9 heteroatoms. The minimum atomic E-state index is -0.850. The van der Waals surface area contributed by atoms with E-state index < -0.39 is 34.2 Å².